The van der Waals surface area contributed by atoms with Crippen LogP contribution in [0.3, 0.4) is 0 Å². The van der Waals surface area contributed by atoms with Crippen LogP contribution in [0.5, 0.6) is 0 Å². The number of hydrogen-bond donors (Lipinski definition) is 3. The second-order valence-corrected chi connectivity index (χ2v) is 3.71. The van der Waals surface area contributed by atoms with Crippen LogP contribution in [0.2, 0.25) is 0 Å². The van der Waals surface area contributed by atoms with Crippen LogP contribution in [0.4, 0.5) is 0 Å². The van der Waals surface area contributed by atoms with E-state index in [4.69, 9.17) is 17.3 Å². The largest absolute Gasteiger partial charge is 0.393 e. The van der Waals surface area contributed by atoms with Gasteiger partial charge < -0.3 is 15.4 Å². The van der Waals surface area contributed by atoms with Gasteiger partial charge in [-0.05, 0) is 25.5 Å². The summed E-state index contributed by atoms with van der Waals surface area (Å²) in [7, 11) is 0. The maximum atomic E-state index is 11.6. The minimum atomic E-state index is -0.407. The minimum absolute atomic E-state index is 0.211. The third kappa shape index (κ3) is 3.81. The Bertz CT molecular complexity index is 387. The summed E-state index contributed by atoms with van der Waals surface area (Å²) in [5, 5.41) is 11.7. The van der Waals surface area contributed by atoms with Gasteiger partial charge in [0, 0.05) is 12.7 Å². The molecule has 0 aliphatic heterocycles. The smallest absolute Gasteiger partial charge is 0.254 e. The molecule has 0 saturated heterocycles. The van der Waals surface area contributed by atoms with Gasteiger partial charge in [-0.25, -0.2) is 0 Å². The monoisotopic (exact) mass is 226 g/mol. The van der Waals surface area contributed by atoms with Crippen molar-refractivity contribution in [3.63, 3.8) is 0 Å². The lowest BCUT2D eigenvalue weighted by Gasteiger charge is -2.06. The second kappa shape index (κ2) is 5.63. The number of aromatic amines is 1. The highest BCUT2D eigenvalue weighted by Gasteiger charge is 2.06. The Morgan fingerprint density at radius 3 is 3.07 bits per heavy atom. The van der Waals surface area contributed by atoms with E-state index >= 15 is 0 Å². The molecule has 0 bridgehead atoms. The number of aromatic nitrogens is 1. The topological polar surface area (TPSA) is 65.1 Å². The molecule has 0 spiro atoms. The van der Waals surface area contributed by atoms with Crippen molar-refractivity contribution < 1.29 is 9.90 Å². The summed E-state index contributed by atoms with van der Waals surface area (Å²) < 4.78 is 0.423. The first-order chi connectivity index (χ1) is 7.11. The highest BCUT2D eigenvalue weighted by molar-refractivity contribution is 7.71. The van der Waals surface area contributed by atoms with Crippen LogP contribution in [0.1, 0.15) is 23.7 Å². The molecule has 0 aromatic carbocycles. The molecule has 1 atom stereocenters. The van der Waals surface area contributed by atoms with E-state index < -0.39 is 6.10 Å². The summed E-state index contributed by atoms with van der Waals surface area (Å²) in [6, 6.07) is 3.38. The normalized spacial score (nSPS) is 12.1. The molecule has 82 valence electrons. The molecule has 3 N–H and O–H groups in total. The zero-order chi connectivity index (χ0) is 11.3. The Labute approximate surface area is 93.3 Å². The van der Waals surface area contributed by atoms with Crippen molar-refractivity contribution in [2.24, 2.45) is 0 Å². The number of amides is 1. The molecule has 1 rings (SSSR count). The average Bonchev–Trinajstić information content (AvgIpc) is 2.17. The molecule has 1 aromatic rings. The molecule has 0 aliphatic rings. The van der Waals surface area contributed by atoms with Crippen molar-refractivity contribution >= 4 is 18.1 Å². The fraction of sp³-hybridized carbons (Fsp3) is 0.400. The maximum absolute atomic E-state index is 11.6. The predicted molar refractivity (Wildman–Crippen MR) is 60.3 cm³/mol. The van der Waals surface area contributed by atoms with Gasteiger partial charge in [-0.1, -0.05) is 12.2 Å². The quantitative estimate of drug-likeness (QED) is 0.677. The Balaban J connectivity index is 2.55. The van der Waals surface area contributed by atoms with Crippen molar-refractivity contribution in [3.8, 4) is 0 Å². The van der Waals surface area contributed by atoms with Gasteiger partial charge in [-0.2, -0.15) is 0 Å². The number of rotatable bonds is 4. The zero-order valence-electron chi connectivity index (χ0n) is 8.49. The lowest BCUT2D eigenvalue weighted by molar-refractivity contribution is 0.0944. The van der Waals surface area contributed by atoms with Gasteiger partial charge in [0.1, 0.15) is 4.64 Å². The number of aliphatic hydroxyl groups excluding tert-OH is 1. The van der Waals surface area contributed by atoms with Gasteiger partial charge in [0.05, 0.1) is 11.7 Å². The number of pyridine rings is 1. The van der Waals surface area contributed by atoms with E-state index in [-0.39, 0.29) is 5.91 Å². The van der Waals surface area contributed by atoms with Gasteiger partial charge in [-0.3, -0.25) is 4.79 Å². The first-order valence-corrected chi connectivity index (χ1v) is 5.16. The number of carbonyl (C=O) groups is 1. The van der Waals surface area contributed by atoms with Crippen molar-refractivity contribution in [2.75, 3.05) is 6.54 Å². The Morgan fingerprint density at radius 2 is 2.47 bits per heavy atom. The van der Waals surface area contributed by atoms with E-state index in [1.165, 1.54) is 0 Å². The van der Waals surface area contributed by atoms with Crippen LogP contribution in [-0.4, -0.2) is 28.6 Å². The van der Waals surface area contributed by atoms with E-state index in [0.717, 1.165) is 0 Å². The fourth-order valence-corrected chi connectivity index (χ4v) is 1.32. The highest BCUT2D eigenvalue weighted by Crippen LogP contribution is 1.99. The van der Waals surface area contributed by atoms with Gasteiger partial charge in [-0.15, -0.1) is 0 Å². The summed E-state index contributed by atoms with van der Waals surface area (Å²) in [5.41, 5.74) is 0.457. The molecule has 1 amide bonds. The molecular formula is C10H14N2O2S. The maximum Gasteiger partial charge on any atom is 0.254 e. The van der Waals surface area contributed by atoms with E-state index in [9.17, 15) is 4.79 Å². The highest BCUT2D eigenvalue weighted by atomic mass is 32.1. The van der Waals surface area contributed by atoms with Crippen LogP contribution in [-0.2, 0) is 0 Å². The van der Waals surface area contributed by atoms with Crippen LogP contribution in [0, 0.1) is 4.64 Å². The van der Waals surface area contributed by atoms with Gasteiger partial charge in [0.2, 0.25) is 0 Å². The number of carbonyl (C=O) groups excluding carboxylic acids is 1. The Kier molecular flexibility index (Phi) is 4.45. The van der Waals surface area contributed by atoms with Crippen LogP contribution < -0.4 is 5.32 Å². The number of aliphatic hydroxyl groups is 1. The standard InChI is InChI=1S/C10H14N2O2S/c1-7(13)4-6-11-9(14)8-3-2-5-12-10(8)15/h2-3,5,7,13H,4,6H2,1H3,(H,11,14)(H,12,15). The SMILES string of the molecule is CC(O)CCNC(=O)c1ccc[nH]c1=S. The summed E-state index contributed by atoms with van der Waals surface area (Å²) in [5.74, 6) is -0.211. The second-order valence-electron chi connectivity index (χ2n) is 3.31. The van der Waals surface area contributed by atoms with Crippen molar-refractivity contribution in [1.29, 1.82) is 0 Å². The summed E-state index contributed by atoms with van der Waals surface area (Å²) in [6.45, 7) is 2.13. The molecule has 1 unspecified atom stereocenters. The van der Waals surface area contributed by atoms with Gasteiger partial charge >= 0.3 is 0 Å². The third-order valence-corrected chi connectivity index (χ3v) is 2.25. The molecule has 0 fully saturated rings. The minimum Gasteiger partial charge on any atom is -0.393 e. The summed E-state index contributed by atoms with van der Waals surface area (Å²) >= 11 is 4.96. The molecule has 0 aliphatic carbocycles. The van der Waals surface area contributed by atoms with Crippen LogP contribution in [0.15, 0.2) is 18.3 Å². The van der Waals surface area contributed by atoms with E-state index in [1.54, 1.807) is 25.3 Å². The molecule has 5 heteroatoms. The third-order valence-electron chi connectivity index (χ3n) is 1.91. The van der Waals surface area contributed by atoms with Crippen molar-refractivity contribution in [1.82, 2.24) is 10.3 Å². The van der Waals surface area contributed by atoms with Crippen LogP contribution in [0.25, 0.3) is 0 Å². The fourth-order valence-electron chi connectivity index (χ4n) is 1.09. The molecule has 1 aromatic heterocycles. The summed E-state index contributed by atoms with van der Waals surface area (Å²) in [6.07, 6.45) is 1.81. The first kappa shape index (κ1) is 11.9. The average molecular weight is 226 g/mol. The van der Waals surface area contributed by atoms with Crippen LogP contribution >= 0.6 is 12.2 Å². The molecule has 15 heavy (non-hydrogen) atoms. The summed E-state index contributed by atoms with van der Waals surface area (Å²) in [4.78, 5) is 14.4. The Morgan fingerprint density at radius 1 is 1.73 bits per heavy atom. The predicted octanol–water partition coefficient (Wildman–Crippen LogP) is 1.24. The lowest BCUT2D eigenvalue weighted by Crippen LogP contribution is -2.26. The van der Waals surface area contributed by atoms with Crippen molar-refractivity contribution in [2.45, 2.75) is 19.4 Å². The molecular weight excluding hydrogens is 212 g/mol. The van der Waals surface area contributed by atoms with Gasteiger partial charge in [0.25, 0.3) is 5.91 Å². The molecule has 0 saturated carbocycles. The van der Waals surface area contributed by atoms with E-state index in [2.05, 4.69) is 10.3 Å². The molecule has 4 nitrogen and oxygen atoms in total. The molecule has 0 radical (unpaired) electrons. The number of H-pyrrole nitrogens is 1. The van der Waals surface area contributed by atoms with E-state index in [1.807, 2.05) is 0 Å². The van der Waals surface area contributed by atoms with Crippen molar-refractivity contribution in [3.05, 3.63) is 28.5 Å². The molecule has 1 heterocycles. The van der Waals surface area contributed by atoms with E-state index in [0.29, 0.717) is 23.2 Å². The Hall–Kier alpha value is -1.20. The number of hydrogen-bond acceptors (Lipinski definition) is 3. The van der Waals surface area contributed by atoms with Gasteiger partial charge in [0.15, 0.2) is 0 Å². The lowest BCUT2D eigenvalue weighted by atomic mass is 10.2. The first-order valence-electron chi connectivity index (χ1n) is 4.75. The zero-order valence-corrected chi connectivity index (χ0v) is 9.30. The number of nitrogens with one attached hydrogen (secondary N) is 2.